The van der Waals surface area contributed by atoms with Crippen molar-refractivity contribution < 1.29 is 27.5 Å². The molecule has 0 heterocycles. The lowest BCUT2D eigenvalue weighted by molar-refractivity contribution is -0.125. The van der Waals surface area contributed by atoms with Gasteiger partial charge in [0.05, 0.1) is 13.2 Å². The first-order valence-electron chi connectivity index (χ1n) is 7.24. The zero-order valence-corrected chi connectivity index (χ0v) is 13.4. The van der Waals surface area contributed by atoms with Crippen LogP contribution >= 0.6 is 0 Å². The van der Waals surface area contributed by atoms with Crippen LogP contribution in [0.2, 0.25) is 0 Å². The predicted octanol–water partition coefficient (Wildman–Crippen LogP) is 1.91. The first kappa shape index (κ1) is 19.8. The van der Waals surface area contributed by atoms with E-state index in [1.54, 1.807) is 29.4 Å². The number of likely N-dealkylation sites (N-methyl/N-ethyl adjacent to an activating group) is 1. The average Bonchev–Trinajstić information content (AvgIpc) is 2.46. The summed E-state index contributed by atoms with van der Waals surface area (Å²) < 4.78 is 41.1. The van der Waals surface area contributed by atoms with Gasteiger partial charge in [-0.15, -0.1) is 0 Å². The second-order valence-electron chi connectivity index (χ2n) is 5.10. The van der Waals surface area contributed by atoms with Gasteiger partial charge in [0.1, 0.15) is 12.3 Å². The quantitative estimate of drug-likeness (QED) is 0.790. The molecule has 2 N–H and O–H groups in total. The summed E-state index contributed by atoms with van der Waals surface area (Å²) in [6.45, 7) is 1.26. The molecule has 9 heteroatoms. The third-order valence-electron chi connectivity index (χ3n) is 2.80. The van der Waals surface area contributed by atoms with E-state index in [0.29, 0.717) is 13.2 Å². The van der Waals surface area contributed by atoms with Crippen LogP contribution in [0.5, 0.6) is 5.75 Å². The van der Waals surface area contributed by atoms with Gasteiger partial charge < -0.3 is 10.1 Å². The standard InChI is InChI=1S/C15H20F3N3O3/c1-3-24-12-6-4-11(5-7-12)8-21(2)9-13(22)20-14(23)19-10-15(16,17)18/h4-7H,3,8-10H2,1-2H3,(H2,19,20,22,23). The highest BCUT2D eigenvalue weighted by Gasteiger charge is 2.28. The molecule has 0 spiro atoms. The monoisotopic (exact) mass is 347 g/mol. The van der Waals surface area contributed by atoms with E-state index in [9.17, 15) is 22.8 Å². The van der Waals surface area contributed by atoms with E-state index < -0.39 is 24.7 Å². The maximum Gasteiger partial charge on any atom is 0.405 e. The molecule has 24 heavy (non-hydrogen) atoms. The van der Waals surface area contributed by atoms with Gasteiger partial charge in [0.15, 0.2) is 0 Å². The third kappa shape index (κ3) is 8.37. The number of carbonyl (C=O) groups is 2. The van der Waals surface area contributed by atoms with Crippen LogP contribution in [0.3, 0.4) is 0 Å². The molecule has 0 aliphatic carbocycles. The van der Waals surface area contributed by atoms with Gasteiger partial charge in [-0.2, -0.15) is 13.2 Å². The zero-order chi connectivity index (χ0) is 18.2. The molecule has 0 atom stereocenters. The van der Waals surface area contributed by atoms with Crippen molar-refractivity contribution in [2.24, 2.45) is 0 Å². The summed E-state index contributed by atoms with van der Waals surface area (Å²) in [7, 11) is 1.66. The van der Waals surface area contributed by atoms with Crippen molar-refractivity contribution in [2.45, 2.75) is 19.6 Å². The Bertz CT molecular complexity index is 547. The van der Waals surface area contributed by atoms with Crippen LogP contribution < -0.4 is 15.4 Å². The van der Waals surface area contributed by atoms with Gasteiger partial charge in [-0.3, -0.25) is 15.0 Å². The molecule has 0 unspecified atom stereocenters. The number of urea groups is 1. The SMILES string of the molecule is CCOc1ccc(CN(C)CC(=O)NC(=O)NCC(F)(F)F)cc1. The molecule has 3 amide bonds. The van der Waals surface area contributed by atoms with Gasteiger partial charge in [0.25, 0.3) is 0 Å². The predicted molar refractivity (Wildman–Crippen MR) is 81.5 cm³/mol. The Kier molecular flexibility index (Phi) is 7.50. The van der Waals surface area contributed by atoms with Crippen LogP contribution in [0.25, 0.3) is 0 Å². The molecule has 1 rings (SSSR count). The summed E-state index contributed by atoms with van der Waals surface area (Å²) in [5.41, 5.74) is 0.926. The lowest BCUT2D eigenvalue weighted by Crippen LogP contribution is -2.46. The highest BCUT2D eigenvalue weighted by Crippen LogP contribution is 2.13. The number of rotatable bonds is 7. The number of carbonyl (C=O) groups excluding carboxylic acids is 2. The summed E-state index contributed by atoms with van der Waals surface area (Å²) >= 11 is 0. The molecule has 0 bridgehead atoms. The second-order valence-corrected chi connectivity index (χ2v) is 5.10. The Morgan fingerprint density at radius 1 is 1.21 bits per heavy atom. The maximum absolute atomic E-state index is 11.9. The summed E-state index contributed by atoms with van der Waals surface area (Å²) in [6, 6.07) is 6.12. The molecule has 0 saturated heterocycles. The first-order valence-corrected chi connectivity index (χ1v) is 7.24. The van der Waals surface area contributed by atoms with Gasteiger partial charge in [0, 0.05) is 6.54 Å². The molecule has 1 aromatic carbocycles. The van der Waals surface area contributed by atoms with Crippen molar-refractivity contribution in [3.63, 3.8) is 0 Å². The highest BCUT2D eigenvalue weighted by atomic mass is 19.4. The molecular weight excluding hydrogens is 327 g/mol. The fraction of sp³-hybridized carbons (Fsp3) is 0.467. The minimum absolute atomic E-state index is 0.132. The lowest BCUT2D eigenvalue weighted by atomic mass is 10.2. The van der Waals surface area contributed by atoms with Crippen LogP contribution in [0, 0.1) is 0 Å². The van der Waals surface area contributed by atoms with E-state index in [-0.39, 0.29) is 6.54 Å². The average molecular weight is 347 g/mol. The van der Waals surface area contributed by atoms with Crippen molar-refractivity contribution >= 4 is 11.9 Å². The number of amides is 3. The molecule has 0 saturated carbocycles. The van der Waals surface area contributed by atoms with Crippen LogP contribution in [-0.4, -0.2) is 49.8 Å². The van der Waals surface area contributed by atoms with Crippen LogP contribution in [0.1, 0.15) is 12.5 Å². The van der Waals surface area contributed by atoms with E-state index in [1.165, 1.54) is 0 Å². The smallest absolute Gasteiger partial charge is 0.405 e. The fourth-order valence-corrected chi connectivity index (χ4v) is 1.86. The Labute approximate surface area is 138 Å². The molecule has 6 nitrogen and oxygen atoms in total. The third-order valence-corrected chi connectivity index (χ3v) is 2.80. The summed E-state index contributed by atoms with van der Waals surface area (Å²) in [5.74, 6) is 0.0473. The second kappa shape index (κ2) is 9.11. The largest absolute Gasteiger partial charge is 0.494 e. The normalized spacial score (nSPS) is 11.2. The molecular formula is C15H20F3N3O3. The number of imide groups is 1. The van der Waals surface area contributed by atoms with E-state index in [1.807, 2.05) is 24.4 Å². The van der Waals surface area contributed by atoms with E-state index in [2.05, 4.69) is 0 Å². The molecule has 1 aromatic rings. The summed E-state index contributed by atoms with van der Waals surface area (Å²) in [6.07, 6.45) is -4.52. The van der Waals surface area contributed by atoms with Crippen molar-refractivity contribution in [3.05, 3.63) is 29.8 Å². The van der Waals surface area contributed by atoms with Crippen LogP contribution in [-0.2, 0) is 11.3 Å². The number of alkyl halides is 3. The number of nitrogens with zero attached hydrogens (tertiary/aromatic N) is 1. The molecule has 0 aliphatic rings. The Hall–Kier alpha value is -2.29. The lowest BCUT2D eigenvalue weighted by Gasteiger charge is -2.16. The molecule has 0 fully saturated rings. The minimum Gasteiger partial charge on any atom is -0.494 e. The Morgan fingerprint density at radius 2 is 1.83 bits per heavy atom. The minimum atomic E-state index is -4.52. The van der Waals surface area contributed by atoms with E-state index in [4.69, 9.17) is 4.74 Å². The Balaban J connectivity index is 2.37. The molecule has 0 aromatic heterocycles. The van der Waals surface area contributed by atoms with Gasteiger partial charge in [0.2, 0.25) is 5.91 Å². The number of nitrogens with one attached hydrogen (secondary N) is 2. The van der Waals surface area contributed by atoms with E-state index in [0.717, 1.165) is 11.3 Å². The first-order chi connectivity index (χ1) is 11.2. The molecule has 0 aliphatic heterocycles. The maximum atomic E-state index is 11.9. The van der Waals surface area contributed by atoms with Gasteiger partial charge in [-0.1, -0.05) is 12.1 Å². The van der Waals surface area contributed by atoms with E-state index >= 15 is 0 Å². The summed E-state index contributed by atoms with van der Waals surface area (Å²) in [5, 5.41) is 3.41. The van der Waals surface area contributed by atoms with Crippen molar-refractivity contribution in [1.82, 2.24) is 15.5 Å². The zero-order valence-electron chi connectivity index (χ0n) is 13.4. The molecule has 0 radical (unpaired) electrons. The van der Waals surface area contributed by atoms with Crippen LogP contribution in [0.15, 0.2) is 24.3 Å². The number of hydrogen-bond donors (Lipinski definition) is 2. The van der Waals surface area contributed by atoms with Crippen molar-refractivity contribution in [3.8, 4) is 5.75 Å². The van der Waals surface area contributed by atoms with Crippen molar-refractivity contribution in [2.75, 3.05) is 26.7 Å². The number of benzene rings is 1. The number of ether oxygens (including phenoxy) is 1. The highest BCUT2D eigenvalue weighted by molar-refractivity contribution is 5.95. The van der Waals surface area contributed by atoms with Crippen molar-refractivity contribution in [1.29, 1.82) is 0 Å². The topological polar surface area (TPSA) is 70.7 Å². The summed E-state index contributed by atoms with van der Waals surface area (Å²) in [4.78, 5) is 24.4. The van der Waals surface area contributed by atoms with Gasteiger partial charge in [-0.05, 0) is 31.7 Å². The number of halogens is 3. The van der Waals surface area contributed by atoms with Gasteiger partial charge in [-0.25, -0.2) is 4.79 Å². The van der Waals surface area contributed by atoms with Gasteiger partial charge >= 0.3 is 12.2 Å². The van der Waals surface area contributed by atoms with Crippen LogP contribution in [0.4, 0.5) is 18.0 Å². The number of hydrogen-bond acceptors (Lipinski definition) is 4. The molecule has 134 valence electrons. The Morgan fingerprint density at radius 3 is 2.38 bits per heavy atom. The fourth-order valence-electron chi connectivity index (χ4n) is 1.86.